The van der Waals surface area contributed by atoms with Gasteiger partial charge >= 0.3 is 0 Å². The molecule has 0 bridgehead atoms. The number of rotatable bonds is 5. The second kappa shape index (κ2) is 6.61. The van der Waals surface area contributed by atoms with Crippen LogP contribution in [0, 0.1) is 11.8 Å². The normalized spacial score (nSPS) is 22.8. The topological polar surface area (TPSA) is 29.9 Å². The molecule has 3 rings (SSSR count). The molecule has 1 aliphatic rings. The molecule has 2 heterocycles. The second-order valence-corrected chi connectivity index (χ2v) is 6.29. The predicted molar refractivity (Wildman–Crippen MR) is 88.5 cm³/mol. The van der Waals surface area contributed by atoms with Gasteiger partial charge in [-0.25, -0.2) is 4.98 Å². The molecule has 1 fully saturated rings. The minimum Gasteiger partial charge on any atom is -0.328 e. The molecule has 2 aromatic rings. The summed E-state index contributed by atoms with van der Waals surface area (Å²) in [7, 11) is 0. The fourth-order valence-electron chi connectivity index (χ4n) is 3.71. The Morgan fingerprint density at radius 1 is 1.24 bits per heavy atom. The minimum atomic E-state index is 0.781. The van der Waals surface area contributed by atoms with Gasteiger partial charge in [0.25, 0.3) is 0 Å². The Morgan fingerprint density at radius 2 is 2.10 bits per heavy atom. The molecular weight excluding hydrogens is 258 g/mol. The molecule has 2 atom stereocenters. The summed E-state index contributed by atoms with van der Waals surface area (Å²) in [4.78, 5) is 4.94. The van der Waals surface area contributed by atoms with Crippen LogP contribution in [-0.2, 0) is 13.0 Å². The molecule has 1 aromatic heterocycles. The lowest BCUT2D eigenvalue weighted by Gasteiger charge is -2.31. The number of benzene rings is 1. The zero-order valence-corrected chi connectivity index (χ0v) is 13.3. The number of aromatic nitrogens is 2. The van der Waals surface area contributed by atoms with Gasteiger partial charge in [0.2, 0.25) is 0 Å². The third-order valence-electron chi connectivity index (χ3n) is 4.92. The van der Waals surface area contributed by atoms with E-state index in [0.717, 1.165) is 43.3 Å². The van der Waals surface area contributed by atoms with Gasteiger partial charge in [0, 0.05) is 13.0 Å². The van der Waals surface area contributed by atoms with Crippen LogP contribution in [0.5, 0.6) is 0 Å². The standard InChI is InChI=1S/C18H27N3/c1-3-11-21-17-8-6-5-7-16(17)20-18(21)12-15-9-10-19-13-14(15)4-2/h5-8,14-15,19H,3-4,9-13H2,1-2H3. The number of nitrogens with zero attached hydrogens (tertiary/aromatic N) is 2. The maximum Gasteiger partial charge on any atom is 0.110 e. The number of nitrogens with one attached hydrogen (secondary N) is 1. The summed E-state index contributed by atoms with van der Waals surface area (Å²) in [6.07, 6.45) is 4.85. The Hall–Kier alpha value is -1.35. The minimum absolute atomic E-state index is 0.781. The van der Waals surface area contributed by atoms with E-state index in [1.807, 2.05) is 0 Å². The van der Waals surface area contributed by atoms with Gasteiger partial charge in [0.15, 0.2) is 0 Å². The number of hydrogen-bond donors (Lipinski definition) is 1. The number of hydrogen-bond acceptors (Lipinski definition) is 2. The highest BCUT2D eigenvalue weighted by atomic mass is 15.1. The lowest BCUT2D eigenvalue weighted by atomic mass is 9.82. The Bertz CT molecular complexity index is 587. The number of imidazole rings is 1. The largest absolute Gasteiger partial charge is 0.328 e. The zero-order chi connectivity index (χ0) is 14.7. The smallest absolute Gasteiger partial charge is 0.110 e. The first-order valence-corrected chi connectivity index (χ1v) is 8.48. The first-order valence-electron chi connectivity index (χ1n) is 8.48. The van der Waals surface area contributed by atoms with Gasteiger partial charge in [0.05, 0.1) is 11.0 Å². The van der Waals surface area contributed by atoms with E-state index in [1.54, 1.807) is 0 Å². The Labute approximate surface area is 127 Å². The molecule has 1 aromatic carbocycles. The van der Waals surface area contributed by atoms with E-state index in [1.165, 1.54) is 30.7 Å². The molecule has 1 aliphatic heterocycles. The van der Waals surface area contributed by atoms with Crippen LogP contribution in [0.4, 0.5) is 0 Å². The van der Waals surface area contributed by atoms with E-state index in [-0.39, 0.29) is 0 Å². The number of aryl methyl sites for hydroxylation is 1. The van der Waals surface area contributed by atoms with Crippen molar-refractivity contribution < 1.29 is 0 Å². The monoisotopic (exact) mass is 285 g/mol. The van der Waals surface area contributed by atoms with Crippen LogP contribution in [0.2, 0.25) is 0 Å². The molecule has 21 heavy (non-hydrogen) atoms. The van der Waals surface area contributed by atoms with Crippen molar-refractivity contribution in [3.63, 3.8) is 0 Å². The van der Waals surface area contributed by atoms with Gasteiger partial charge in [0.1, 0.15) is 5.82 Å². The van der Waals surface area contributed by atoms with E-state index in [0.29, 0.717) is 0 Å². The van der Waals surface area contributed by atoms with E-state index >= 15 is 0 Å². The van der Waals surface area contributed by atoms with Crippen molar-refractivity contribution in [2.24, 2.45) is 11.8 Å². The van der Waals surface area contributed by atoms with Gasteiger partial charge in [-0.2, -0.15) is 0 Å². The average molecular weight is 285 g/mol. The van der Waals surface area contributed by atoms with E-state index < -0.39 is 0 Å². The fraction of sp³-hybridized carbons (Fsp3) is 0.611. The Balaban J connectivity index is 1.90. The Kier molecular flexibility index (Phi) is 4.59. The molecule has 1 N–H and O–H groups in total. The molecule has 2 unspecified atom stereocenters. The summed E-state index contributed by atoms with van der Waals surface area (Å²) in [5.74, 6) is 2.88. The number of para-hydroxylation sites is 2. The number of piperidine rings is 1. The van der Waals surface area contributed by atoms with Gasteiger partial charge in [-0.1, -0.05) is 32.4 Å². The van der Waals surface area contributed by atoms with Crippen LogP contribution in [0.15, 0.2) is 24.3 Å². The fourth-order valence-corrected chi connectivity index (χ4v) is 3.71. The second-order valence-electron chi connectivity index (χ2n) is 6.29. The summed E-state index contributed by atoms with van der Waals surface area (Å²) in [5.41, 5.74) is 2.46. The summed E-state index contributed by atoms with van der Waals surface area (Å²) in [5, 5.41) is 3.54. The van der Waals surface area contributed by atoms with E-state index in [9.17, 15) is 0 Å². The third kappa shape index (κ3) is 2.98. The zero-order valence-electron chi connectivity index (χ0n) is 13.3. The summed E-state index contributed by atoms with van der Waals surface area (Å²) >= 11 is 0. The molecule has 3 heteroatoms. The first kappa shape index (κ1) is 14.6. The van der Waals surface area contributed by atoms with Gasteiger partial charge in [-0.15, -0.1) is 0 Å². The summed E-state index contributed by atoms with van der Waals surface area (Å²) in [6.45, 7) is 7.99. The summed E-state index contributed by atoms with van der Waals surface area (Å²) < 4.78 is 2.45. The molecule has 0 amide bonds. The van der Waals surface area contributed by atoms with Crippen molar-refractivity contribution in [3.8, 4) is 0 Å². The molecule has 3 nitrogen and oxygen atoms in total. The molecule has 0 aliphatic carbocycles. The van der Waals surface area contributed by atoms with Crippen molar-refractivity contribution in [1.82, 2.24) is 14.9 Å². The van der Waals surface area contributed by atoms with Gasteiger partial charge in [-0.05, 0) is 49.9 Å². The maximum absolute atomic E-state index is 4.94. The quantitative estimate of drug-likeness (QED) is 0.909. The van der Waals surface area contributed by atoms with Crippen LogP contribution in [-0.4, -0.2) is 22.6 Å². The highest BCUT2D eigenvalue weighted by Crippen LogP contribution is 2.27. The van der Waals surface area contributed by atoms with Crippen molar-refractivity contribution in [1.29, 1.82) is 0 Å². The van der Waals surface area contributed by atoms with Gasteiger partial charge < -0.3 is 9.88 Å². The highest BCUT2D eigenvalue weighted by molar-refractivity contribution is 5.75. The lowest BCUT2D eigenvalue weighted by molar-refractivity contribution is 0.241. The molecule has 114 valence electrons. The molecule has 1 saturated heterocycles. The average Bonchev–Trinajstić information content (AvgIpc) is 2.86. The van der Waals surface area contributed by atoms with Crippen molar-refractivity contribution in [2.75, 3.05) is 13.1 Å². The molecule has 0 saturated carbocycles. The van der Waals surface area contributed by atoms with E-state index in [4.69, 9.17) is 4.98 Å². The van der Waals surface area contributed by atoms with Crippen LogP contribution in [0.25, 0.3) is 11.0 Å². The van der Waals surface area contributed by atoms with Crippen molar-refractivity contribution in [3.05, 3.63) is 30.1 Å². The van der Waals surface area contributed by atoms with Crippen LogP contribution >= 0.6 is 0 Å². The highest BCUT2D eigenvalue weighted by Gasteiger charge is 2.25. The third-order valence-corrected chi connectivity index (χ3v) is 4.92. The van der Waals surface area contributed by atoms with Crippen LogP contribution < -0.4 is 5.32 Å². The first-order chi connectivity index (χ1) is 10.3. The predicted octanol–water partition coefficient (Wildman–Crippen LogP) is 3.62. The van der Waals surface area contributed by atoms with Crippen molar-refractivity contribution >= 4 is 11.0 Å². The SMILES string of the molecule is CCCn1c(CC2CCNCC2CC)nc2ccccc21. The van der Waals surface area contributed by atoms with Crippen LogP contribution in [0.3, 0.4) is 0 Å². The lowest BCUT2D eigenvalue weighted by Crippen LogP contribution is -2.37. The molecular formula is C18H27N3. The Morgan fingerprint density at radius 3 is 2.90 bits per heavy atom. The maximum atomic E-state index is 4.94. The number of fused-ring (bicyclic) bond motifs is 1. The van der Waals surface area contributed by atoms with Gasteiger partial charge in [-0.3, -0.25) is 0 Å². The summed E-state index contributed by atoms with van der Waals surface area (Å²) in [6, 6.07) is 8.57. The molecule has 0 spiro atoms. The molecule has 0 radical (unpaired) electrons. The van der Waals surface area contributed by atoms with Crippen molar-refractivity contribution in [2.45, 2.75) is 46.1 Å². The van der Waals surface area contributed by atoms with Crippen LogP contribution in [0.1, 0.15) is 38.9 Å². The van der Waals surface area contributed by atoms with E-state index in [2.05, 4.69) is 48.0 Å².